The van der Waals surface area contributed by atoms with Crippen LogP contribution in [-0.2, 0) is 19.6 Å². The Hall–Kier alpha value is -2.18. The van der Waals surface area contributed by atoms with Crippen LogP contribution in [0, 0.1) is 0 Å². The summed E-state index contributed by atoms with van der Waals surface area (Å²) in [7, 11) is -3.78. The predicted molar refractivity (Wildman–Crippen MR) is 92.0 cm³/mol. The number of fused-ring (bicyclic) bond motifs is 1. The first kappa shape index (κ1) is 16.7. The fourth-order valence-electron chi connectivity index (χ4n) is 2.83. The molecular weight excluding hydrogens is 326 g/mol. The quantitative estimate of drug-likeness (QED) is 0.631. The molecule has 0 fully saturated rings. The molecule has 0 radical (unpaired) electrons. The molecule has 1 heterocycles. The second-order valence-corrected chi connectivity index (χ2v) is 7.45. The van der Waals surface area contributed by atoms with Crippen molar-refractivity contribution in [3.05, 3.63) is 54.6 Å². The molecule has 0 bridgehead atoms. The van der Waals surface area contributed by atoms with Gasteiger partial charge in [-0.05, 0) is 36.2 Å². The maximum atomic E-state index is 13.0. The zero-order chi connectivity index (χ0) is 17.2. The average Bonchev–Trinajstić information content (AvgIpc) is 2.61. The minimum Gasteiger partial charge on any atom is -0.465 e. The van der Waals surface area contributed by atoms with E-state index in [1.54, 1.807) is 31.2 Å². The number of ether oxygens (including phenoxy) is 1. The largest absolute Gasteiger partial charge is 0.465 e. The fourth-order valence-corrected chi connectivity index (χ4v) is 4.41. The standard InChI is InChI=1S/C18H19NO4S/c1-2-23-18(20)17-9-5-6-12-19(17)24(21,22)16-11-10-14-7-3-4-8-15(14)13-16/h3-8,10-11,13,17H,2,9,12H2,1H3/t17-/m1/s1. The lowest BCUT2D eigenvalue weighted by Gasteiger charge is -2.30. The van der Waals surface area contributed by atoms with E-state index < -0.39 is 22.0 Å². The van der Waals surface area contributed by atoms with Crippen LogP contribution in [0.25, 0.3) is 10.8 Å². The SMILES string of the molecule is CCOC(=O)[C@H]1CC=CCN1S(=O)(=O)c1ccc2ccccc2c1. The number of carbonyl (C=O) groups is 1. The molecule has 1 aliphatic heterocycles. The average molecular weight is 345 g/mol. The number of hydrogen-bond donors (Lipinski definition) is 0. The van der Waals surface area contributed by atoms with Crippen molar-refractivity contribution in [2.75, 3.05) is 13.2 Å². The van der Waals surface area contributed by atoms with Gasteiger partial charge in [0, 0.05) is 6.54 Å². The van der Waals surface area contributed by atoms with Gasteiger partial charge in [0.1, 0.15) is 6.04 Å². The van der Waals surface area contributed by atoms with E-state index in [-0.39, 0.29) is 18.0 Å². The van der Waals surface area contributed by atoms with Crippen LogP contribution >= 0.6 is 0 Å². The summed E-state index contributed by atoms with van der Waals surface area (Å²) in [6, 6.07) is 11.8. The number of rotatable bonds is 4. The molecule has 0 aromatic heterocycles. The number of esters is 1. The van der Waals surface area contributed by atoms with E-state index in [0.29, 0.717) is 6.42 Å². The molecule has 3 rings (SSSR count). The van der Waals surface area contributed by atoms with Gasteiger partial charge >= 0.3 is 5.97 Å². The number of sulfonamides is 1. The Morgan fingerprint density at radius 2 is 1.92 bits per heavy atom. The van der Waals surface area contributed by atoms with E-state index in [1.165, 1.54) is 4.31 Å². The lowest BCUT2D eigenvalue weighted by Crippen LogP contribution is -2.47. The van der Waals surface area contributed by atoms with Crippen LogP contribution in [0.15, 0.2) is 59.5 Å². The van der Waals surface area contributed by atoms with Crippen LogP contribution in [0.2, 0.25) is 0 Å². The summed E-state index contributed by atoms with van der Waals surface area (Å²) in [6.07, 6.45) is 3.90. The van der Waals surface area contributed by atoms with Crippen molar-refractivity contribution in [1.29, 1.82) is 0 Å². The smallest absolute Gasteiger partial charge is 0.324 e. The van der Waals surface area contributed by atoms with E-state index in [0.717, 1.165) is 10.8 Å². The van der Waals surface area contributed by atoms with Gasteiger partial charge in [-0.15, -0.1) is 0 Å². The van der Waals surface area contributed by atoms with Gasteiger partial charge in [0.25, 0.3) is 0 Å². The molecule has 0 saturated carbocycles. The van der Waals surface area contributed by atoms with Crippen molar-refractivity contribution in [3.8, 4) is 0 Å². The summed E-state index contributed by atoms with van der Waals surface area (Å²) in [5.41, 5.74) is 0. The van der Waals surface area contributed by atoms with Crippen LogP contribution in [0.4, 0.5) is 0 Å². The zero-order valence-electron chi connectivity index (χ0n) is 13.4. The van der Waals surface area contributed by atoms with E-state index >= 15 is 0 Å². The molecule has 126 valence electrons. The first-order chi connectivity index (χ1) is 11.5. The zero-order valence-corrected chi connectivity index (χ0v) is 14.2. The minimum absolute atomic E-state index is 0.165. The van der Waals surface area contributed by atoms with E-state index in [9.17, 15) is 13.2 Å². The van der Waals surface area contributed by atoms with Gasteiger partial charge in [-0.25, -0.2) is 8.42 Å². The molecular formula is C18H19NO4S. The molecule has 2 aromatic carbocycles. The Bertz CT molecular complexity index is 889. The van der Waals surface area contributed by atoms with Crippen molar-refractivity contribution in [2.24, 2.45) is 0 Å². The van der Waals surface area contributed by atoms with Crippen molar-refractivity contribution in [1.82, 2.24) is 4.31 Å². The Morgan fingerprint density at radius 1 is 1.17 bits per heavy atom. The van der Waals surface area contributed by atoms with Crippen molar-refractivity contribution >= 4 is 26.8 Å². The fraction of sp³-hybridized carbons (Fsp3) is 0.278. The number of hydrogen-bond acceptors (Lipinski definition) is 4. The summed E-state index contributed by atoms with van der Waals surface area (Å²) in [4.78, 5) is 12.3. The van der Waals surface area contributed by atoms with Crippen LogP contribution in [0.5, 0.6) is 0 Å². The Balaban J connectivity index is 2.00. The molecule has 5 nitrogen and oxygen atoms in total. The third kappa shape index (κ3) is 3.07. The van der Waals surface area contributed by atoms with Gasteiger partial charge in [0.2, 0.25) is 10.0 Å². The number of benzene rings is 2. The molecule has 2 aromatic rings. The van der Waals surface area contributed by atoms with Crippen molar-refractivity contribution in [3.63, 3.8) is 0 Å². The van der Waals surface area contributed by atoms with Gasteiger partial charge < -0.3 is 4.74 Å². The highest BCUT2D eigenvalue weighted by molar-refractivity contribution is 7.89. The van der Waals surface area contributed by atoms with Crippen LogP contribution in [0.1, 0.15) is 13.3 Å². The second-order valence-electron chi connectivity index (χ2n) is 5.56. The van der Waals surface area contributed by atoms with Gasteiger partial charge in [-0.3, -0.25) is 4.79 Å². The molecule has 6 heteroatoms. The van der Waals surface area contributed by atoms with Gasteiger partial charge in [0.15, 0.2) is 0 Å². The number of carbonyl (C=O) groups excluding carboxylic acids is 1. The molecule has 0 spiro atoms. The van der Waals surface area contributed by atoms with Gasteiger partial charge in [0.05, 0.1) is 11.5 Å². The Labute approximate surface area is 141 Å². The van der Waals surface area contributed by atoms with E-state index in [1.807, 2.05) is 30.3 Å². The lowest BCUT2D eigenvalue weighted by molar-refractivity contribution is -0.147. The normalized spacial score (nSPS) is 18.6. The van der Waals surface area contributed by atoms with Crippen LogP contribution < -0.4 is 0 Å². The maximum absolute atomic E-state index is 13.0. The second kappa shape index (κ2) is 6.75. The molecule has 0 unspecified atom stereocenters. The summed E-state index contributed by atoms with van der Waals surface area (Å²) >= 11 is 0. The van der Waals surface area contributed by atoms with Crippen LogP contribution in [0.3, 0.4) is 0 Å². The molecule has 0 saturated heterocycles. The van der Waals surface area contributed by atoms with Gasteiger partial charge in [-0.2, -0.15) is 4.31 Å². The third-order valence-corrected chi connectivity index (χ3v) is 5.92. The topological polar surface area (TPSA) is 63.7 Å². The maximum Gasteiger partial charge on any atom is 0.324 e. The lowest BCUT2D eigenvalue weighted by atomic mass is 10.1. The van der Waals surface area contributed by atoms with Crippen molar-refractivity contribution in [2.45, 2.75) is 24.3 Å². The monoisotopic (exact) mass is 345 g/mol. The molecule has 1 aliphatic rings. The molecule has 1 atom stereocenters. The number of nitrogens with zero attached hydrogens (tertiary/aromatic N) is 1. The van der Waals surface area contributed by atoms with Gasteiger partial charge in [-0.1, -0.05) is 42.5 Å². The highest BCUT2D eigenvalue weighted by Gasteiger charge is 2.37. The van der Waals surface area contributed by atoms with Crippen LogP contribution in [-0.4, -0.2) is 37.9 Å². The third-order valence-electron chi connectivity index (χ3n) is 4.05. The summed E-state index contributed by atoms with van der Waals surface area (Å²) < 4.78 is 32.3. The highest BCUT2D eigenvalue weighted by Crippen LogP contribution is 2.26. The van der Waals surface area contributed by atoms with E-state index in [2.05, 4.69) is 0 Å². The predicted octanol–water partition coefficient (Wildman–Crippen LogP) is 2.72. The Morgan fingerprint density at radius 3 is 2.67 bits per heavy atom. The summed E-state index contributed by atoms with van der Waals surface area (Å²) in [5.74, 6) is -0.508. The summed E-state index contributed by atoms with van der Waals surface area (Å²) in [5, 5.41) is 1.82. The highest BCUT2D eigenvalue weighted by atomic mass is 32.2. The van der Waals surface area contributed by atoms with E-state index in [4.69, 9.17) is 4.74 Å². The molecule has 0 amide bonds. The van der Waals surface area contributed by atoms with Crippen molar-refractivity contribution < 1.29 is 17.9 Å². The molecule has 24 heavy (non-hydrogen) atoms. The Kier molecular flexibility index (Phi) is 4.69. The minimum atomic E-state index is -3.78. The first-order valence-electron chi connectivity index (χ1n) is 7.86. The first-order valence-corrected chi connectivity index (χ1v) is 9.30. The summed E-state index contributed by atoms with van der Waals surface area (Å²) in [6.45, 7) is 2.10. The molecule has 0 N–H and O–H groups in total. The molecule has 0 aliphatic carbocycles.